The molecule has 0 bridgehead atoms. The zero-order valence-corrected chi connectivity index (χ0v) is 16.4. The highest BCUT2D eigenvalue weighted by atomic mass is 79.9. The molecule has 27 heavy (non-hydrogen) atoms. The molecule has 0 saturated carbocycles. The first-order chi connectivity index (χ1) is 12.9. The van der Waals surface area contributed by atoms with E-state index < -0.39 is 12.1 Å². The van der Waals surface area contributed by atoms with Gasteiger partial charge in [-0.1, -0.05) is 40.2 Å². The van der Waals surface area contributed by atoms with Gasteiger partial charge in [-0.3, -0.25) is 4.79 Å². The van der Waals surface area contributed by atoms with Crippen molar-refractivity contribution in [2.45, 2.75) is 19.0 Å². The number of rotatable bonds is 6. The Morgan fingerprint density at radius 3 is 2.70 bits per heavy atom. The second-order valence-corrected chi connectivity index (χ2v) is 7.09. The van der Waals surface area contributed by atoms with Crippen molar-refractivity contribution in [2.24, 2.45) is 12.8 Å². The van der Waals surface area contributed by atoms with E-state index >= 15 is 0 Å². The molecule has 1 atom stereocenters. The number of fused-ring (bicyclic) bond motifs is 1. The average Bonchev–Trinajstić information content (AvgIpc) is 2.95. The number of hydrogen-bond donors (Lipinski definition) is 3. The SMILES string of the molecule is Cn1c(CNC(=O)CC(NC(N)=O)c2cccc(Br)c2)nc2ccccc21. The number of nitrogens with two attached hydrogens (primary N) is 1. The predicted octanol–water partition coefficient (Wildman–Crippen LogP) is 2.75. The van der Waals surface area contributed by atoms with Crippen LogP contribution in [0.1, 0.15) is 23.9 Å². The maximum Gasteiger partial charge on any atom is 0.312 e. The van der Waals surface area contributed by atoms with Gasteiger partial charge < -0.3 is 20.9 Å². The first-order valence-electron chi connectivity index (χ1n) is 8.42. The minimum atomic E-state index is -0.678. The lowest BCUT2D eigenvalue weighted by molar-refractivity contribution is -0.121. The van der Waals surface area contributed by atoms with Gasteiger partial charge in [-0.2, -0.15) is 0 Å². The highest BCUT2D eigenvalue weighted by Crippen LogP contribution is 2.21. The van der Waals surface area contributed by atoms with Gasteiger partial charge in [-0.15, -0.1) is 0 Å². The molecule has 1 heterocycles. The molecular weight excluding hydrogens is 410 g/mol. The van der Waals surface area contributed by atoms with Crippen molar-refractivity contribution in [3.8, 4) is 0 Å². The monoisotopic (exact) mass is 429 g/mol. The Hall–Kier alpha value is -2.87. The molecule has 4 N–H and O–H groups in total. The summed E-state index contributed by atoms with van der Waals surface area (Å²) in [5.74, 6) is 0.548. The van der Waals surface area contributed by atoms with Crippen molar-refractivity contribution in [1.29, 1.82) is 0 Å². The van der Waals surface area contributed by atoms with E-state index in [4.69, 9.17) is 5.73 Å². The number of urea groups is 1. The summed E-state index contributed by atoms with van der Waals surface area (Å²) >= 11 is 3.39. The normalized spacial score (nSPS) is 11.9. The van der Waals surface area contributed by atoms with E-state index in [0.29, 0.717) is 6.54 Å². The number of amides is 3. The van der Waals surface area contributed by atoms with Crippen LogP contribution < -0.4 is 16.4 Å². The fourth-order valence-corrected chi connectivity index (χ4v) is 3.35. The number of nitrogens with one attached hydrogen (secondary N) is 2. The fourth-order valence-electron chi connectivity index (χ4n) is 2.94. The van der Waals surface area contributed by atoms with E-state index in [9.17, 15) is 9.59 Å². The Bertz CT molecular complexity index is 985. The molecule has 0 aliphatic heterocycles. The molecule has 3 rings (SSSR count). The summed E-state index contributed by atoms with van der Waals surface area (Å²) in [5, 5.41) is 5.48. The summed E-state index contributed by atoms with van der Waals surface area (Å²) in [6.45, 7) is 0.297. The topological polar surface area (TPSA) is 102 Å². The van der Waals surface area contributed by atoms with Gasteiger partial charge >= 0.3 is 6.03 Å². The number of aryl methyl sites for hydroxylation is 1. The molecule has 0 fully saturated rings. The molecule has 0 aliphatic rings. The van der Waals surface area contributed by atoms with E-state index in [1.54, 1.807) is 0 Å². The van der Waals surface area contributed by atoms with Gasteiger partial charge in [0.2, 0.25) is 5.91 Å². The third kappa shape index (κ3) is 4.65. The molecule has 7 nitrogen and oxygen atoms in total. The Morgan fingerprint density at radius 1 is 1.22 bits per heavy atom. The van der Waals surface area contributed by atoms with E-state index in [0.717, 1.165) is 26.9 Å². The van der Waals surface area contributed by atoms with Crippen molar-refractivity contribution in [1.82, 2.24) is 20.2 Å². The van der Waals surface area contributed by atoms with Crippen LogP contribution in [-0.4, -0.2) is 21.5 Å². The zero-order chi connectivity index (χ0) is 19.4. The molecular formula is C19H20BrN5O2. The van der Waals surface area contributed by atoms with Crippen LogP contribution >= 0.6 is 15.9 Å². The summed E-state index contributed by atoms with van der Waals surface area (Å²) < 4.78 is 2.81. The van der Waals surface area contributed by atoms with Gasteiger partial charge in [0.05, 0.1) is 30.0 Å². The van der Waals surface area contributed by atoms with Crippen LogP contribution in [0.2, 0.25) is 0 Å². The number of hydrogen-bond acceptors (Lipinski definition) is 3. The quantitative estimate of drug-likeness (QED) is 0.561. The first-order valence-corrected chi connectivity index (χ1v) is 9.22. The van der Waals surface area contributed by atoms with Crippen molar-refractivity contribution in [3.05, 3.63) is 64.4 Å². The minimum absolute atomic E-state index is 0.0728. The predicted molar refractivity (Wildman–Crippen MR) is 107 cm³/mol. The van der Waals surface area contributed by atoms with Crippen LogP contribution in [0.5, 0.6) is 0 Å². The van der Waals surface area contributed by atoms with Crippen molar-refractivity contribution in [3.63, 3.8) is 0 Å². The molecule has 1 aromatic heterocycles. The molecule has 2 aromatic carbocycles. The third-order valence-corrected chi connectivity index (χ3v) is 4.77. The second kappa shape index (κ2) is 8.22. The largest absolute Gasteiger partial charge is 0.352 e. The molecule has 0 saturated heterocycles. The lowest BCUT2D eigenvalue weighted by atomic mass is 10.0. The van der Waals surface area contributed by atoms with Gasteiger partial charge in [0.25, 0.3) is 0 Å². The lowest BCUT2D eigenvalue weighted by Gasteiger charge is -2.18. The van der Waals surface area contributed by atoms with Crippen molar-refractivity contribution in [2.75, 3.05) is 0 Å². The molecule has 1 unspecified atom stereocenters. The van der Waals surface area contributed by atoms with Gasteiger partial charge in [-0.25, -0.2) is 9.78 Å². The molecule has 0 spiro atoms. The number of benzene rings is 2. The van der Waals surface area contributed by atoms with Crippen LogP contribution in [0, 0.1) is 0 Å². The maximum absolute atomic E-state index is 12.4. The minimum Gasteiger partial charge on any atom is -0.352 e. The van der Waals surface area contributed by atoms with Crippen LogP contribution in [0.25, 0.3) is 11.0 Å². The first kappa shape index (κ1) is 18.9. The number of halogens is 1. The summed E-state index contributed by atoms with van der Waals surface area (Å²) in [4.78, 5) is 28.3. The maximum atomic E-state index is 12.4. The molecule has 0 aliphatic carbocycles. The van der Waals surface area contributed by atoms with Crippen molar-refractivity contribution >= 4 is 38.9 Å². The Labute approximate surface area is 165 Å². The van der Waals surface area contributed by atoms with Crippen LogP contribution in [0.15, 0.2) is 53.0 Å². The van der Waals surface area contributed by atoms with Gasteiger partial charge in [0.1, 0.15) is 5.82 Å². The van der Waals surface area contributed by atoms with Gasteiger partial charge in [0, 0.05) is 11.5 Å². The van der Waals surface area contributed by atoms with E-state index in [1.807, 2.05) is 60.1 Å². The highest BCUT2D eigenvalue weighted by molar-refractivity contribution is 9.10. The van der Waals surface area contributed by atoms with E-state index in [1.165, 1.54) is 0 Å². The third-order valence-electron chi connectivity index (χ3n) is 4.28. The van der Waals surface area contributed by atoms with Gasteiger partial charge in [-0.05, 0) is 29.8 Å². The average molecular weight is 430 g/mol. The standard InChI is InChI=1S/C19H20BrN5O2/c1-25-16-8-3-2-7-14(16)23-17(25)11-22-18(26)10-15(24-19(21)27)12-5-4-6-13(20)9-12/h2-9,15H,10-11H2,1H3,(H,22,26)(H3,21,24,27). The number of aromatic nitrogens is 2. The Balaban J connectivity index is 1.68. The lowest BCUT2D eigenvalue weighted by Crippen LogP contribution is -2.36. The molecule has 0 radical (unpaired) electrons. The Kier molecular flexibility index (Phi) is 5.75. The molecule has 3 aromatic rings. The summed E-state index contributed by atoms with van der Waals surface area (Å²) in [5.41, 5.74) is 7.94. The van der Waals surface area contributed by atoms with Crippen molar-refractivity contribution < 1.29 is 9.59 Å². The van der Waals surface area contributed by atoms with Gasteiger partial charge in [0.15, 0.2) is 0 Å². The summed E-state index contributed by atoms with van der Waals surface area (Å²) in [6.07, 6.45) is 0.0728. The van der Waals surface area contributed by atoms with Crippen LogP contribution in [0.3, 0.4) is 0 Å². The number of primary amides is 1. The number of nitrogens with zero attached hydrogens (tertiary/aromatic N) is 2. The number of carbonyl (C=O) groups is 2. The number of imidazole rings is 1. The van der Waals surface area contributed by atoms with Crippen LogP contribution in [-0.2, 0) is 18.4 Å². The molecule has 3 amide bonds. The highest BCUT2D eigenvalue weighted by Gasteiger charge is 2.18. The van der Waals surface area contributed by atoms with Crippen LogP contribution in [0.4, 0.5) is 4.79 Å². The summed E-state index contributed by atoms with van der Waals surface area (Å²) in [7, 11) is 1.91. The summed E-state index contributed by atoms with van der Waals surface area (Å²) in [6, 6.07) is 14.0. The second-order valence-electron chi connectivity index (χ2n) is 6.17. The number of para-hydroxylation sites is 2. The molecule has 140 valence electrons. The fraction of sp³-hybridized carbons (Fsp3) is 0.211. The Morgan fingerprint density at radius 2 is 2.00 bits per heavy atom. The molecule has 8 heteroatoms. The van der Waals surface area contributed by atoms with E-state index in [2.05, 4.69) is 31.5 Å². The number of carbonyl (C=O) groups excluding carboxylic acids is 2. The smallest absolute Gasteiger partial charge is 0.312 e. The van der Waals surface area contributed by atoms with E-state index in [-0.39, 0.29) is 12.3 Å². The zero-order valence-electron chi connectivity index (χ0n) is 14.8.